The lowest BCUT2D eigenvalue weighted by Crippen LogP contribution is -2.29. The summed E-state index contributed by atoms with van der Waals surface area (Å²) in [6.45, 7) is 8.08. The van der Waals surface area contributed by atoms with E-state index in [9.17, 15) is 4.79 Å². The van der Waals surface area contributed by atoms with Crippen LogP contribution in [0.3, 0.4) is 0 Å². The summed E-state index contributed by atoms with van der Waals surface area (Å²) < 4.78 is 0. The van der Waals surface area contributed by atoms with Gasteiger partial charge in [-0.2, -0.15) is 0 Å². The number of amides is 1. The summed E-state index contributed by atoms with van der Waals surface area (Å²) in [6.07, 6.45) is 2.47. The largest absolute Gasteiger partial charge is 0.375 e. The van der Waals surface area contributed by atoms with E-state index >= 15 is 0 Å². The third-order valence-corrected chi connectivity index (χ3v) is 3.40. The molecule has 1 rings (SSSR count). The molecule has 1 aromatic heterocycles. The minimum Gasteiger partial charge on any atom is -0.375 e. The molecule has 0 radical (unpaired) electrons. The molecule has 0 fully saturated rings. The maximum absolute atomic E-state index is 11.6. The molecule has 6 heteroatoms. The minimum absolute atomic E-state index is 0.0845. The number of rotatable bonds is 7. The smallest absolute Gasteiger partial charge is 0.263 e. The number of nitrogen functional groups attached to an aromatic ring is 1. The molecule has 1 amide bonds. The van der Waals surface area contributed by atoms with Crippen molar-refractivity contribution >= 4 is 22.4 Å². The third-order valence-electron chi connectivity index (χ3n) is 2.58. The first kappa shape index (κ1) is 13.9. The number of nitrogens with zero attached hydrogens (tertiary/aromatic N) is 2. The molecule has 0 aliphatic carbocycles. The van der Waals surface area contributed by atoms with Crippen molar-refractivity contribution in [2.45, 2.75) is 20.3 Å². The van der Waals surface area contributed by atoms with Gasteiger partial charge in [0.15, 0.2) is 5.13 Å². The van der Waals surface area contributed by atoms with Crippen molar-refractivity contribution in [3.05, 3.63) is 11.1 Å². The zero-order valence-corrected chi connectivity index (χ0v) is 11.2. The predicted molar refractivity (Wildman–Crippen MR) is 71.3 cm³/mol. The van der Waals surface area contributed by atoms with Crippen LogP contribution in [-0.4, -0.2) is 42.0 Å². The van der Waals surface area contributed by atoms with Gasteiger partial charge in [-0.05, 0) is 26.1 Å². The average Bonchev–Trinajstić information content (AvgIpc) is 2.76. The Morgan fingerprint density at radius 2 is 2.24 bits per heavy atom. The molecule has 1 heterocycles. The molecular weight excluding hydrogens is 236 g/mol. The number of aromatic nitrogens is 1. The van der Waals surface area contributed by atoms with Crippen LogP contribution in [0.5, 0.6) is 0 Å². The standard InChI is InChI=1S/C11H20N4OS/c1-3-15(4-2)7-5-6-13-10(16)9-8-14-11(12)17-9/h8H,3-7H2,1-2H3,(H2,12,14)(H,13,16). The highest BCUT2D eigenvalue weighted by molar-refractivity contribution is 7.17. The monoisotopic (exact) mass is 256 g/mol. The molecule has 0 aliphatic rings. The van der Waals surface area contributed by atoms with E-state index in [-0.39, 0.29) is 5.91 Å². The molecule has 96 valence electrons. The van der Waals surface area contributed by atoms with Crippen LogP contribution in [0, 0.1) is 0 Å². The Balaban J connectivity index is 2.21. The molecule has 0 atom stereocenters. The number of carbonyl (C=O) groups excluding carboxylic acids is 1. The molecule has 17 heavy (non-hydrogen) atoms. The number of thiazole rings is 1. The predicted octanol–water partition coefficient (Wildman–Crippen LogP) is 1.19. The summed E-state index contributed by atoms with van der Waals surface area (Å²) in [4.78, 5) is 18.4. The van der Waals surface area contributed by atoms with E-state index in [2.05, 4.69) is 29.0 Å². The Morgan fingerprint density at radius 1 is 1.53 bits per heavy atom. The van der Waals surface area contributed by atoms with Gasteiger partial charge in [-0.25, -0.2) is 4.98 Å². The number of anilines is 1. The number of carbonyl (C=O) groups is 1. The first-order chi connectivity index (χ1) is 8.17. The van der Waals surface area contributed by atoms with Gasteiger partial charge >= 0.3 is 0 Å². The van der Waals surface area contributed by atoms with Crippen LogP contribution in [-0.2, 0) is 0 Å². The van der Waals surface area contributed by atoms with Crippen LogP contribution in [0.15, 0.2) is 6.20 Å². The van der Waals surface area contributed by atoms with E-state index in [0.717, 1.165) is 26.1 Å². The van der Waals surface area contributed by atoms with E-state index < -0.39 is 0 Å². The van der Waals surface area contributed by atoms with Crippen LogP contribution in [0.4, 0.5) is 5.13 Å². The molecule has 0 aliphatic heterocycles. The summed E-state index contributed by atoms with van der Waals surface area (Å²) in [5.41, 5.74) is 5.47. The second-order valence-electron chi connectivity index (χ2n) is 3.70. The van der Waals surface area contributed by atoms with Crippen LogP contribution in [0.1, 0.15) is 29.9 Å². The first-order valence-electron chi connectivity index (χ1n) is 5.89. The van der Waals surface area contributed by atoms with Crippen LogP contribution < -0.4 is 11.1 Å². The molecule has 5 nitrogen and oxygen atoms in total. The summed E-state index contributed by atoms with van der Waals surface area (Å²) >= 11 is 1.21. The highest BCUT2D eigenvalue weighted by atomic mass is 32.1. The molecule has 0 spiro atoms. The lowest BCUT2D eigenvalue weighted by molar-refractivity contribution is 0.0955. The van der Waals surface area contributed by atoms with Gasteiger partial charge in [0.1, 0.15) is 4.88 Å². The van der Waals surface area contributed by atoms with E-state index in [0.29, 0.717) is 16.6 Å². The fourth-order valence-electron chi connectivity index (χ4n) is 1.52. The minimum atomic E-state index is -0.0845. The number of nitrogens with two attached hydrogens (primary N) is 1. The fraction of sp³-hybridized carbons (Fsp3) is 0.636. The van der Waals surface area contributed by atoms with Gasteiger partial charge in [0.25, 0.3) is 5.91 Å². The summed E-state index contributed by atoms with van der Waals surface area (Å²) in [7, 11) is 0. The Hall–Kier alpha value is -1.14. The Morgan fingerprint density at radius 3 is 2.76 bits per heavy atom. The topological polar surface area (TPSA) is 71.2 Å². The second kappa shape index (κ2) is 7.24. The van der Waals surface area contributed by atoms with Crippen molar-refractivity contribution < 1.29 is 4.79 Å². The Kier molecular flexibility index (Phi) is 5.93. The van der Waals surface area contributed by atoms with Gasteiger partial charge < -0.3 is 16.0 Å². The fourth-order valence-corrected chi connectivity index (χ4v) is 2.13. The number of hydrogen-bond acceptors (Lipinski definition) is 5. The van der Waals surface area contributed by atoms with Crippen molar-refractivity contribution in [2.24, 2.45) is 0 Å². The van der Waals surface area contributed by atoms with Crippen molar-refractivity contribution in [3.8, 4) is 0 Å². The Labute approximate surface area is 106 Å². The van der Waals surface area contributed by atoms with Gasteiger partial charge in [-0.1, -0.05) is 25.2 Å². The molecule has 0 saturated heterocycles. The van der Waals surface area contributed by atoms with E-state index in [1.54, 1.807) is 0 Å². The van der Waals surface area contributed by atoms with E-state index in [1.807, 2.05) is 0 Å². The summed E-state index contributed by atoms with van der Waals surface area (Å²) in [5, 5.41) is 3.29. The quantitative estimate of drug-likeness (QED) is 0.719. The lowest BCUT2D eigenvalue weighted by atomic mass is 10.3. The normalized spacial score (nSPS) is 10.8. The Bertz CT molecular complexity index is 349. The molecule has 0 aromatic carbocycles. The van der Waals surface area contributed by atoms with Gasteiger partial charge in [0.2, 0.25) is 0 Å². The molecule has 3 N–H and O–H groups in total. The number of hydrogen-bond donors (Lipinski definition) is 2. The third kappa shape index (κ3) is 4.70. The van der Waals surface area contributed by atoms with Crippen LogP contribution in [0.2, 0.25) is 0 Å². The van der Waals surface area contributed by atoms with Gasteiger partial charge in [-0.3, -0.25) is 4.79 Å². The number of nitrogens with one attached hydrogen (secondary N) is 1. The van der Waals surface area contributed by atoms with Crippen LogP contribution >= 0.6 is 11.3 Å². The summed E-state index contributed by atoms with van der Waals surface area (Å²) in [6, 6.07) is 0. The molecule has 0 bridgehead atoms. The first-order valence-corrected chi connectivity index (χ1v) is 6.70. The van der Waals surface area contributed by atoms with Gasteiger partial charge in [-0.15, -0.1) is 0 Å². The highest BCUT2D eigenvalue weighted by Gasteiger charge is 2.08. The van der Waals surface area contributed by atoms with Gasteiger partial charge in [0.05, 0.1) is 6.20 Å². The summed E-state index contributed by atoms with van der Waals surface area (Å²) in [5.74, 6) is -0.0845. The zero-order valence-electron chi connectivity index (χ0n) is 10.4. The molecule has 0 unspecified atom stereocenters. The maximum Gasteiger partial charge on any atom is 0.263 e. The molecular formula is C11H20N4OS. The molecule has 1 aromatic rings. The second-order valence-corrected chi connectivity index (χ2v) is 4.76. The van der Waals surface area contributed by atoms with E-state index in [1.165, 1.54) is 17.5 Å². The van der Waals surface area contributed by atoms with E-state index in [4.69, 9.17) is 5.73 Å². The van der Waals surface area contributed by atoms with Crippen molar-refractivity contribution in [3.63, 3.8) is 0 Å². The maximum atomic E-state index is 11.6. The average molecular weight is 256 g/mol. The van der Waals surface area contributed by atoms with Crippen molar-refractivity contribution in [2.75, 3.05) is 31.9 Å². The van der Waals surface area contributed by atoms with Crippen molar-refractivity contribution in [1.29, 1.82) is 0 Å². The lowest BCUT2D eigenvalue weighted by Gasteiger charge is -2.17. The van der Waals surface area contributed by atoms with Crippen LogP contribution in [0.25, 0.3) is 0 Å². The zero-order chi connectivity index (χ0) is 12.7. The highest BCUT2D eigenvalue weighted by Crippen LogP contribution is 2.13. The molecule has 0 saturated carbocycles. The SMILES string of the molecule is CCN(CC)CCCNC(=O)c1cnc(N)s1. The van der Waals surface area contributed by atoms with Gasteiger partial charge in [0, 0.05) is 6.54 Å². The van der Waals surface area contributed by atoms with Crippen molar-refractivity contribution in [1.82, 2.24) is 15.2 Å².